The molecule has 0 bridgehead atoms. The van der Waals surface area contributed by atoms with Crippen LogP contribution in [0.2, 0.25) is 38.3 Å². The van der Waals surface area contributed by atoms with Crippen LogP contribution in [0.4, 0.5) is 0 Å². The zero-order chi connectivity index (χ0) is 22.8. The summed E-state index contributed by atoms with van der Waals surface area (Å²) >= 11 is 0. The molecule has 0 aliphatic rings. The van der Waals surface area contributed by atoms with Crippen molar-refractivity contribution < 1.29 is 12.3 Å². The van der Waals surface area contributed by atoms with Gasteiger partial charge in [-0.3, -0.25) is 0 Å². The Morgan fingerprint density at radius 2 is 1.13 bits per heavy atom. The van der Waals surface area contributed by atoms with Crippen molar-refractivity contribution in [2.75, 3.05) is 13.1 Å². The fraction of sp³-hybridized carbons (Fsp3) is 0.455. The number of benzene rings is 2. The Morgan fingerprint density at radius 1 is 0.677 bits per heavy atom. The molecule has 0 saturated carbocycles. The summed E-state index contributed by atoms with van der Waals surface area (Å²) in [4.78, 5) is 0. The summed E-state index contributed by atoms with van der Waals surface area (Å²) in [6.45, 7) is 10.5. The third-order valence-corrected chi connectivity index (χ3v) is 19.8. The lowest BCUT2D eigenvalue weighted by molar-refractivity contribution is 0.378. The molecule has 172 valence electrons. The zero-order valence-electron chi connectivity index (χ0n) is 19.6. The van der Waals surface area contributed by atoms with Crippen molar-refractivity contribution in [3.05, 3.63) is 60.7 Å². The molecule has 0 spiro atoms. The molecule has 0 radical (unpaired) electrons. The predicted octanol–water partition coefficient (Wildman–Crippen LogP) is 2.40. The van der Waals surface area contributed by atoms with E-state index in [9.17, 15) is 0 Å². The normalized spacial score (nSPS) is 13.2. The van der Waals surface area contributed by atoms with Crippen molar-refractivity contribution in [1.29, 1.82) is 0 Å². The van der Waals surface area contributed by atoms with Crippen LogP contribution < -0.4 is 21.8 Å². The molecule has 0 aliphatic heterocycles. The van der Waals surface area contributed by atoms with E-state index in [0.717, 1.165) is 35.3 Å². The first kappa shape index (κ1) is 26.4. The second-order valence-corrected chi connectivity index (χ2v) is 22.9. The zero-order valence-corrected chi connectivity index (χ0v) is 24.0. The maximum atomic E-state index is 7.15. The van der Waals surface area contributed by atoms with E-state index < -0.39 is 35.2 Å². The molecule has 2 rings (SSSR count). The molecular weight excluding hydrogens is 453 g/mol. The molecule has 0 aliphatic carbocycles. The van der Waals surface area contributed by atoms with Crippen LogP contribution in [0.1, 0.15) is 12.8 Å². The minimum absolute atomic E-state index is 0.685. The lowest BCUT2D eigenvalue weighted by Gasteiger charge is -2.39. The monoisotopic (exact) mass is 492 g/mol. The first-order valence-corrected chi connectivity index (χ1v) is 20.4. The lowest BCUT2D eigenvalue weighted by Crippen LogP contribution is -2.68. The van der Waals surface area contributed by atoms with Crippen LogP contribution in [0.25, 0.3) is 0 Å². The van der Waals surface area contributed by atoms with Crippen LogP contribution in [0.15, 0.2) is 60.7 Å². The molecule has 0 fully saturated rings. The quantitative estimate of drug-likeness (QED) is 0.396. The molecule has 0 atom stereocenters. The Balaban J connectivity index is 2.40. The molecule has 9 heteroatoms. The highest BCUT2D eigenvalue weighted by molar-refractivity contribution is 7.00. The Morgan fingerprint density at radius 3 is 1.58 bits per heavy atom. The molecule has 4 N–H and O–H groups in total. The SMILES string of the molecule is C[Si](C)(CCCN)O[SiH2]O[Si](O[Si](C)(C)CCCN)(c1ccccc1)c1ccccc1. The average molecular weight is 493 g/mol. The largest absolute Gasteiger partial charge is 0.441 e. The predicted molar refractivity (Wildman–Crippen MR) is 142 cm³/mol. The second-order valence-electron chi connectivity index (χ2n) is 9.16. The molecular formula is C22H40N2O3Si4. The molecule has 2 aromatic rings. The summed E-state index contributed by atoms with van der Waals surface area (Å²) in [5.41, 5.74) is 11.5. The molecule has 2 aromatic carbocycles. The van der Waals surface area contributed by atoms with Gasteiger partial charge in [0.25, 0.3) is 10.0 Å². The number of nitrogens with two attached hydrogens (primary N) is 2. The van der Waals surface area contributed by atoms with Gasteiger partial charge in [0.2, 0.25) is 0 Å². The molecule has 0 aromatic heterocycles. The fourth-order valence-electron chi connectivity index (χ4n) is 3.64. The number of rotatable bonds is 14. The van der Waals surface area contributed by atoms with Crippen molar-refractivity contribution in [2.45, 2.75) is 51.1 Å². The highest BCUT2D eigenvalue weighted by Crippen LogP contribution is 2.22. The maximum Gasteiger partial charge on any atom is 0.387 e. The van der Waals surface area contributed by atoms with Gasteiger partial charge in [0.15, 0.2) is 16.6 Å². The third-order valence-electron chi connectivity index (χ3n) is 5.41. The minimum atomic E-state index is -2.91. The lowest BCUT2D eigenvalue weighted by atomic mass is 10.4. The topological polar surface area (TPSA) is 79.7 Å². The van der Waals surface area contributed by atoms with Crippen LogP contribution >= 0.6 is 0 Å². The van der Waals surface area contributed by atoms with Crippen molar-refractivity contribution in [3.63, 3.8) is 0 Å². The van der Waals surface area contributed by atoms with Gasteiger partial charge in [-0.15, -0.1) is 0 Å². The molecule has 5 nitrogen and oxygen atoms in total. The molecule has 0 amide bonds. The van der Waals surface area contributed by atoms with E-state index in [0.29, 0.717) is 13.1 Å². The van der Waals surface area contributed by atoms with Crippen molar-refractivity contribution in [2.24, 2.45) is 11.5 Å². The highest BCUT2D eigenvalue weighted by atomic mass is 28.5. The van der Waals surface area contributed by atoms with E-state index in [4.69, 9.17) is 23.8 Å². The van der Waals surface area contributed by atoms with Gasteiger partial charge in [-0.25, -0.2) is 0 Å². The second kappa shape index (κ2) is 12.4. The van der Waals surface area contributed by atoms with E-state index in [2.05, 4.69) is 74.7 Å². The molecule has 0 saturated heterocycles. The number of hydrogen-bond acceptors (Lipinski definition) is 5. The van der Waals surface area contributed by atoms with Gasteiger partial charge < -0.3 is 23.8 Å². The van der Waals surface area contributed by atoms with E-state index in [-0.39, 0.29) is 0 Å². The van der Waals surface area contributed by atoms with Gasteiger partial charge in [-0.1, -0.05) is 60.7 Å². The molecule has 0 heterocycles. The summed E-state index contributed by atoms with van der Waals surface area (Å²) in [5.74, 6) is 0. The summed E-state index contributed by atoms with van der Waals surface area (Å²) in [6, 6.07) is 23.1. The Bertz CT molecular complexity index is 724. The van der Waals surface area contributed by atoms with Crippen molar-refractivity contribution in [3.8, 4) is 0 Å². The van der Waals surface area contributed by atoms with Crippen LogP contribution in [0.3, 0.4) is 0 Å². The Kier molecular flexibility index (Phi) is 10.5. The summed E-state index contributed by atoms with van der Waals surface area (Å²) in [6.07, 6.45) is 1.98. The first-order valence-electron chi connectivity index (χ1n) is 11.2. The minimum Gasteiger partial charge on any atom is -0.441 e. The summed E-state index contributed by atoms with van der Waals surface area (Å²) in [7, 11) is -7.97. The smallest absolute Gasteiger partial charge is 0.387 e. The average Bonchev–Trinajstić information content (AvgIpc) is 2.76. The first-order chi connectivity index (χ1) is 14.7. The Labute approximate surface area is 194 Å². The van der Waals surface area contributed by atoms with Gasteiger partial charge in [0.1, 0.15) is 0 Å². The van der Waals surface area contributed by atoms with Crippen LogP contribution in [-0.2, 0) is 12.3 Å². The van der Waals surface area contributed by atoms with Crippen LogP contribution in [-0.4, -0.2) is 48.3 Å². The van der Waals surface area contributed by atoms with E-state index in [1.807, 2.05) is 12.1 Å². The van der Waals surface area contributed by atoms with Crippen molar-refractivity contribution >= 4 is 45.6 Å². The highest BCUT2D eigenvalue weighted by Gasteiger charge is 2.47. The number of hydrogen-bond donors (Lipinski definition) is 2. The van der Waals surface area contributed by atoms with Gasteiger partial charge in [0, 0.05) is 0 Å². The molecule has 0 unspecified atom stereocenters. The van der Waals surface area contributed by atoms with E-state index in [1.54, 1.807) is 0 Å². The Hall–Kier alpha value is -0.892. The van der Waals surface area contributed by atoms with E-state index in [1.165, 1.54) is 0 Å². The fourth-order valence-corrected chi connectivity index (χ4v) is 17.2. The third kappa shape index (κ3) is 8.19. The molecule has 31 heavy (non-hydrogen) atoms. The van der Waals surface area contributed by atoms with Crippen LogP contribution in [0.5, 0.6) is 0 Å². The van der Waals surface area contributed by atoms with Crippen molar-refractivity contribution in [1.82, 2.24) is 0 Å². The van der Waals surface area contributed by atoms with E-state index >= 15 is 0 Å². The standard InChI is InChI=1S/C22H40N2O3Si4/c1-29(2,19-11-17-23)25-28-26-31(21-13-7-5-8-14-21,22-15-9-6-10-16-22)27-30(3,4)20-12-18-24/h5-10,13-16H,11-12,17-20,23-24,28H2,1-4H3. The van der Waals surface area contributed by atoms with Gasteiger partial charge in [-0.2, -0.15) is 0 Å². The van der Waals surface area contributed by atoms with Gasteiger partial charge in [0.05, 0.1) is 0 Å². The van der Waals surface area contributed by atoms with Gasteiger partial charge in [-0.05, 0) is 74.6 Å². The van der Waals surface area contributed by atoms with Gasteiger partial charge >= 0.3 is 8.56 Å². The summed E-state index contributed by atoms with van der Waals surface area (Å²) < 4.78 is 20.5. The van der Waals surface area contributed by atoms with Crippen LogP contribution in [0, 0.1) is 0 Å². The maximum absolute atomic E-state index is 7.15. The summed E-state index contributed by atoms with van der Waals surface area (Å²) in [5, 5.41) is 2.29.